The molecule has 1 heterocycles. The highest BCUT2D eigenvalue weighted by Crippen LogP contribution is 2.13. The molecule has 100 valence electrons. The van der Waals surface area contributed by atoms with E-state index in [0.717, 1.165) is 19.6 Å². The summed E-state index contributed by atoms with van der Waals surface area (Å²) in [5.74, 6) is 0.0216. The zero-order valence-corrected chi connectivity index (χ0v) is 11.0. The molecular formula is C12H24N2O3. The quantitative estimate of drug-likeness (QED) is 0.658. The van der Waals surface area contributed by atoms with Gasteiger partial charge in [0.1, 0.15) is 0 Å². The van der Waals surface area contributed by atoms with Gasteiger partial charge in [0.15, 0.2) is 5.60 Å². The van der Waals surface area contributed by atoms with Gasteiger partial charge in [-0.3, -0.25) is 0 Å². The topological polar surface area (TPSA) is 61.8 Å². The Kier molecular flexibility index (Phi) is 5.36. The van der Waals surface area contributed by atoms with E-state index in [1.165, 1.54) is 26.9 Å². The van der Waals surface area contributed by atoms with Gasteiger partial charge in [-0.15, -0.1) is 0 Å². The molecule has 1 saturated heterocycles. The monoisotopic (exact) mass is 244 g/mol. The normalized spacial score (nSPS) is 24.4. The lowest BCUT2D eigenvalue weighted by atomic mass is 9.98. The van der Waals surface area contributed by atoms with Crippen molar-refractivity contribution in [2.45, 2.75) is 25.4 Å². The maximum absolute atomic E-state index is 11.4. The lowest BCUT2D eigenvalue weighted by molar-refractivity contribution is -0.162. The molecule has 0 aliphatic carbocycles. The van der Waals surface area contributed by atoms with E-state index >= 15 is 0 Å². The van der Waals surface area contributed by atoms with Gasteiger partial charge >= 0.3 is 5.97 Å². The summed E-state index contributed by atoms with van der Waals surface area (Å²) in [6.45, 7) is 4.80. The first-order valence-electron chi connectivity index (χ1n) is 6.16. The van der Waals surface area contributed by atoms with Crippen LogP contribution in [0.1, 0.15) is 19.8 Å². The molecule has 2 atom stereocenters. The van der Waals surface area contributed by atoms with E-state index in [1.807, 2.05) is 11.9 Å². The first-order chi connectivity index (χ1) is 7.95. The fourth-order valence-corrected chi connectivity index (χ4v) is 2.40. The number of nitrogens with one attached hydrogen (secondary N) is 1. The highest BCUT2D eigenvalue weighted by Gasteiger charge is 2.33. The number of methoxy groups -OCH3 is 1. The van der Waals surface area contributed by atoms with Crippen molar-refractivity contribution >= 4 is 5.97 Å². The van der Waals surface area contributed by atoms with Crippen molar-refractivity contribution < 1.29 is 14.6 Å². The number of nitrogens with zero attached hydrogens (tertiary/aromatic N) is 1. The summed E-state index contributed by atoms with van der Waals surface area (Å²) >= 11 is 0. The SMILES string of the molecule is COC(=O)C(C)(O)CN(C)CC1CCCNC1. The third kappa shape index (κ3) is 4.61. The van der Waals surface area contributed by atoms with Gasteiger partial charge in [-0.05, 0) is 45.8 Å². The molecule has 0 aromatic carbocycles. The molecule has 0 radical (unpaired) electrons. The Balaban J connectivity index is 2.37. The summed E-state index contributed by atoms with van der Waals surface area (Å²) in [7, 11) is 3.22. The molecule has 0 aromatic heterocycles. The molecule has 1 aliphatic rings. The highest BCUT2D eigenvalue weighted by molar-refractivity contribution is 5.78. The van der Waals surface area contributed by atoms with E-state index in [2.05, 4.69) is 10.1 Å². The first kappa shape index (κ1) is 14.4. The van der Waals surface area contributed by atoms with Crippen molar-refractivity contribution in [3.8, 4) is 0 Å². The molecule has 5 heteroatoms. The van der Waals surface area contributed by atoms with Crippen LogP contribution < -0.4 is 5.32 Å². The number of hydrogen-bond acceptors (Lipinski definition) is 5. The fraction of sp³-hybridized carbons (Fsp3) is 0.917. The molecule has 0 amide bonds. The third-order valence-electron chi connectivity index (χ3n) is 3.17. The number of esters is 1. The molecule has 0 bridgehead atoms. The van der Waals surface area contributed by atoms with E-state index in [1.54, 1.807) is 0 Å². The minimum absolute atomic E-state index is 0.302. The van der Waals surface area contributed by atoms with Crippen molar-refractivity contribution in [1.82, 2.24) is 10.2 Å². The Bertz CT molecular complexity index is 250. The largest absolute Gasteiger partial charge is 0.467 e. The van der Waals surface area contributed by atoms with Gasteiger partial charge in [-0.1, -0.05) is 0 Å². The molecule has 5 nitrogen and oxygen atoms in total. The first-order valence-corrected chi connectivity index (χ1v) is 6.16. The number of ether oxygens (including phenoxy) is 1. The molecule has 1 fully saturated rings. The third-order valence-corrected chi connectivity index (χ3v) is 3.17. The van der Waals surface area contributed by atoms with Gasteiger partial charge in [-0.2, -0.15) is 0 Å². The van der Waals surface area contributed by atoms with Gasteiger partial charge < -0.3 is 20.1 Å². The van der Waals surface area contributed by atoms with Gasteiger partial charge in [0.25, 0.3) is 0 Å². The van der Waals surface area contributed by atoms with Gasteiger partial charge in [0, 0.05) is 13.1 Å². The maximum Gasteiger partial charge on any atom is 0.338 e. The van der Waals surface area contributed by atoms with Crippen molar-refractivity contribution in [3.05, 3.63) is 0 Å². The molecule has 2 N–H and O–H groups in total. The molecule has 0 aromatic rings. The molecule has 17 heavy (non-hydrogen) atoms. The number of carbonyl (C=O) groups excluding carboxylic acids is 1. The van der Waals surface area contributed by atoms with Crippen LogP contribution in [0.15, 0.2) is 0 Å². The van der Waals surface area contributed by atoms with Crippen LogP contribution in [0.5, 0.6) is 0 Å². The Morgan fingerprint density at radius 3 is 2.88 bits per heavy atom. The van der Waals surface area contributed by atoms with Crippen molar-refractivity contribution in [2.24, 2.45) is 5.92 Å². The molecule has 1 aliphatic heterocycles. The van der Waals surface area contributed by atoms with Gasteiger partial charge in [-0.25, -0.2) is 4.79 Å². The number of piperidine rings is 1. The summed E-state index contributed by atoms with van der Waals surface area (Å²) < 4.78 is 4.58. The molecule has 0 spiro atoms. The van der Waals surface area contributed by atoms with E-state index in [4.69, 9.17) is 0 Å². The zero-order chi connectivity index (χ0) is 12.9. The van der Waals surface area contributed by atoms with Crippen LogP contribution in [0.3, 0.4) is 0 Å². The second-order valence-electron chi connectivity index (χ2n) is 5.17. The van der Waals surface area contributed by atoms with E-state index < -0.39 is 11.6 Å². The van der Waals surface area contributed by atoms with E-state index in [0.29, 0.717) is 12.5 Å². The smallest absolute Gasteiger partial charge is 0.338 e. The average Bonchev–Trinajstić information content (AvgIpc) is 2.28. The standard InChI is InChI=1S/C12H24N2O3/c1-12(16,11(15)17-3)9-14(2)8-10-5-4-6-13-7-10/h10,13,16H,4-9H2,1-3H3. The fourth-order valence-electron chi connectivity index (χ4n) is 2.40. The summed E-state index contributed by atoms with van der Waals surface area (Å²) in [5.41, 5.74) is -1.43. The Labute approximate surface area is 103 Å². The van der Waals surface area contributed by atoms with Gasteiger partial charge in [0.05, 0.1) is 7.11 Å². The zero-order valence-electron chi connectivity index (χ0n) is 11.0. The Morgan fingerprint density at radius 2 is 2.35 bits per heavy atom. The number of likely N-dealkylation sites (N-methyl/N-ethyl adjacent to an activating group) is 1. The van der Waals surface area contributed by atoms with Crippen LogP contribution in [-0.4, -0.2) is 61.9 Å². The van der Waals surface area contributed by atoms with Crippen molar-refractivity contribution in [2.75, 3.05) is 40.3 Å². The second-order valence-corrected chi connectivity index (χ2v) is 5.17. The lowest BCUT2D eigenvalue weighted by Crippen LogP contribution is -2.48. The molecular weight excluding hydrogens is 220 g/mol. The average molecular weight is 244 g/mol. The van der Waals surface area contributed by atoms with Crippen molar-refractivity contribution in [1.29, 1.82) is 0 Å². The molecule has 0 saturated carbocycles. The number of rotatable bonds is 5. The number of hydrogen-bond donors (Lipinski definition) is 2. The summed E-state index contributed by atoms with van der Waals surface area (Å²) in [5, 5.41) is 13.3. The van der Waals surface area contributed by atoms with Crippen LogP contribution in [0.2, 0.25) is 0 Å². The number of carbonyl (C=O) groups is 1. The van der Waals surface area contributed by atoms with Crippen LogP contribution in [-0.2, 0) is 9.53 Å². The highest BCUT2D eigenvalue weighted by atomic mass is 16.5. The van der Waals surface area contributed by atoms with Gasteiger partial charge in [0.2, 0.25) is 0 Å². The maximum atomic E-state index is 11.4. The summed E-state index contributed by atoms with van der Waals surface area (Å²) in [4.78, 5) is 13.3. The lowest BCUT2D eigenvalue weighted by Gasteiger charge is -2.31. The minimum atomic E-state index is -1.43. The van der Waals surface area contributed by atoms with Crippen molar-refractivity contribution in [3.63, 3.8) is 0 Å². The van der Waals surface area contributed by atoms with Crippen LogP contribution in [0.4, 0.5) is 0 Å². The number of aliphatic hydroxyl groups is 1. The summed E-state index contributed by atoms with van der Waals surface area (Å²) in [6.07, 6.45) is 2.41. The van der Waals surface area contributed by atoms with E-state index in [9.17, 15) is 9.90 Å². The summed E-state index contributed by atoms with van der Waals surface area (Å²) in [6, 6.07) is 0. The van der Waals surface area contributed by atoms with Crippen LogP contribution >= 0.6 is 0 Å². The molecule has 2 unspecified atom stereocenters. The molecule has 1 rings (SSSR count). The van der Waals surface area contributed by atoms with E-state index in [-0.39, 0.29) is 0 Å². The Hall–Kier alpha value is -0.650. The Morgan fingerprint density at radius 1 is 1.65 bits per heavy atom. The van der Waals surface area contributed by atoms with Crippen LogP contribution in [0.25, 0.3) is 0 Å². The minimum Gasteiger partial charge on any atom is -0.467 e. The predicted octanol–water partition coefficient (Wildman–Crippen LogP) is -0.158. The van der Waals surface area contributed by atoms with Crippen LogP contribution in [0, 0.1) is 5.92 Å². The predicted molar refractivity (Wildman–Crippen MR) is 65.7 cm³/mol. The second kappa shape index (κ2) is 6.33.